The quantitative estimate of drug-likeness (QED) is 0.169. The largest absolute Gasteiger partial charge is 0.455 e. The number of rotatable bonds is 5. The maximum atomic E-state index is 9.34. The molecule has 0 aliphatic carbocycles. The van der Waals surface area contributed by atoms with E-state index in [2.05, 4.69) is 24.3 Å². The van der Waals surface area contributed by atoms with Gasteiger partial charge < -0.3 is 4.42 Å². The summed E-state index contributed by atoms with van der Waals surface area (Å²) in [5, 5.41) is 3.68. The van der Waals surface area contributed by atoms with Crippen LogP contribution < -0.4 is 0 Å². The molecule has 0 N–H and O–H groups in total. The van der Waals surface area contributed by atoms with E-state index >= 15 is 0 Å². The summed E-state index contributed by atoms with van der Waals surface area (Å²) in [6.45, 7) is 0. The Morgan fingerprint density at radius 2 is 0.960 bits per heavy atom. The molecular formula is C49H32O. The minimum absolute atomic E-state index is 0.0218. The number of hydrogen-bond donors (Lipinski definition) is 0. The molecule has 0 unspecified atom stereocenters. The van der Waals surface area contributed by atoms with Crippen molar-refractivity contribution < 1.29 is 22.2 Å². The highest BCUT2D eigenvalue weighted by molar-refractivity contribution is 6.17. The van der Waals surface area contributed by atoms with E-state index in [0.29, 0.717) is 27.9 Å². The molecule has 9 aromatic carbocycles. The van der Waals surface area contributed by atoms with E-state index in [-0.39, 0.29) is 38.2 Å². The van der Waals surface area contributed by atoms with Gasteiger partial charge in [-0.3, -0.25) is 0 Å². The molecule has 0 saturated carbocycles. The first-order valence-corrected chi connectivity index (χ1v) is 16.2. The minimum atomic E-state index is -0.619. The topological polar surface area (TPSA) is 13.1 Å². The van der Waals surface area contributed by atoms with E-state index in [9.17, 15) is 5.48 Å². The molecule has 0 aliphatic rings. The second-order valence-corrected chi connectivity index (χ2v) is 12.2. The Balaban J connectivity index is 1.28. The van der Waals surface area contributed by atoms with Crippen molar-refractivity contribution in [2.45, 2.75) is 6.42 Å². The molecule has 1 heterocycles. The van der Waals surface area contributed by atoms with Gasteiger partial charge in [0, 0.05) is 21.9 Å². The van der Waals surface area contributed by atoms with E-state index < -0.39 is 85.0 Å². The van der Waals surface area contributed by atoms with Crippen LogP contribution >= 0.6 is 0 Å². The minimum Gasteiger partial charge on any atom is -0.455 e. The van der Waals surface area contributed by atoms with E-state index in [0.717, 1.165) is 32.7 Å². The van der Waals surface area contributed by atoms with E-state index in [4.69, 9.17) is 16.8 Å². The molecule has 1 nitrogen and oxygen atoms in total. The molecule has 0 amide bonds. The van der Waals surface area contributed by atoms with E-state index in [1.807, 2.05) is 60.7 Å². The molecule has 0 spiro atoms. The molecule has 0 atom stereocenters. The number of para-hydroxylation sites is 2. The van der Waals surface area contributed by atoms with Crippen LogP contribution in [0.3, 0.4) is 0 Å². The molecule has 0 radical (unpaired) electrons. The van der Waals surface area contributed by atoms with Gasteiger partial charge in [0.05, 0.1) is 17.8 Å². The first-order valence-electron chi connectivity index (χ1n) is 22.7. The van der Waals surface area contributed by atoms with Gasteiger partial charge >= 0.3 is 0 Å². The van der Waals surface area contributed by atoms with Gasteiger partial charge in [0.25, 0.3) is 0 Å². The van der Waals surface area contributed by atoms with Gasteiger partial charge in [-0.05, 0) is 78.2 Å². The van der Waals surface area contributed by atoms with Crippen molar-refractivity contribution in [1.29, 1.82) is 0 Å². The third kappa shape index (κ3) is 4.55. The highest BCUT2D eigenvalue weighted by atomic mass is 16.3. The Morgan fingerprint density at radius 1 is 0.420 bits per heavy atom. The van der Waals surface area contributed by atoms with Crippen molar-refractivity contribution in [1.82, 2.24) is 0 Å². The molecule has 0 saturated heterocycles. The summed E-state index contributed by atoms with van der Waals surface area (Å²) in [4.78, 5) is 0. The highest BCUT2D eigenvalue weighted by Crippen LogP contribution is 2.44. The van der Waals surface area contributed by atoms with Crippen LogP contribution in [0, 0.1) is 0 Å². The molecule has 1 aromatic heterocycles. The highest BCUT2D eigenvalue weighted by Gasteiger charge is 2.19. The summed E-state index contributed by atoms with van der Waals surface area (Å²) in [5.41, 5.74) is 4.91. The zero-order valence-corrected chi connectivity index (χ0v) is 26.4. The van der Waals surface area contributed by atoms with Gasteiger partial charge in [0.1, 0.15) is 11.2 Å². The van der Waals surface area contributed by atoms with Crippen LogP contribution in [0.4, 0.5) is 0 Å². The van der Waals surface area contributed by atoms with Crippen molar-refractivity contribution in [3.05, 3.63) is 193 Å². The summed E-state index contributed by atoms with van der Waals surface area (Å²) in [5.74, 6) is 0. The summed E-state index contributed by atoms with van der Waals surface area (Å²) in [6.07, 6.45) is -0.498. The van der Waals surface area contributed by atoms with Crippen molar-refractivity contribution in [3.8, 4) is 33.4 Å². The lowest BCUT2D eigenvalue weighted by Gasteiger charge is -2.18. The van der Waals surface area contributed by atoms with Gasteiger partial charge in [-0.2, -0.15) is 0 Å². The van der Waals surface area contributed by atoms with Crippen LogP contribution in [0.5, 0.6) is 0 Å². The van der Waals surface area contributed by atoms with Crippen LogP contribution in [0.2, 0.25) is 0 Å². The third-order valence-corrected chi connectivity index (χ3v) is 9.45. The summed E-state index contributed by atoms with van der Waals surface area (Å²) < 4.78 is 121. The van der Waals surface area contributed by atoms with E-state index in [1.54, 1.807) is 18.2 Å². The van der Waals surface area contributed by atoms with Crippen LogP contribution in [0.15, 0.2) is 186 Å². The molecule has 0 aliphatic heterocycles. The first-order chi connectivity index (χ1) is 30.2. The Morgan fingerprint density at radius 3 is 1.72 bits per heavy atom. The zero-order valence-electron chi connectivity index (χ0n) is 39.4. The number of benzene rings is 9. The van der Waals surface area contributed by atoms with Gasteiger partial charge in [-0.25, -0.2) is 0 Å². The molecular weight excluding hydrogens is 605 g/mol. The lowest BCUT2D eigenvalue weighted by atomic mass is 9.85. The summed E-state index contributed by atoms with van der Waals surface area (Å²) in [7, 11) is 0. The van der Waals surface area contributed by atoms with Crippen LogP contribution in [0.1, 0.15) is 28.9 Å². The van der Waals surface area contributed by atoms with Crippen LogP contribution in [0.25, 0.3) is 87.6 Å². The molecule has 10 rings (SSSR count). The van der Waals surface area contributed by atoms with Gasteiger partial charge in [0.15, 0.2) is 0 Å². The second-order valence-electron chi connectivity index (χ2n) is 12.2. The van der Waals surface area contributed by atoms with Crippen molar-refractivity contribution in [3.63, 3.8) is 0 Å². The molecule has 10 aromatic rings. The lowest BCUT2D eigenvalue weighted by Crippen LogP contribution is -1.95. The third-order valence-electron chi connectivity index (χ3n) is 9.45. The fourth-order valence-corrected chi connectivity index (χ4v) is 7.27. The fourth-order valence-electron chi connectivity index (χ4n) is 7.27. The number of hydrogen-bond acceptors (Lipinski definition) is 1. The van der Waals surface area contributed by atoms with Crippen molar-refractivity contribution in [2.75, 3.05) is 0 Å². The Bertz CT molecular complexity index is 3530. The Hall–Kier alpha value is -6.44. The normalized spacial score (nSPS) is 15.3. The second kappa shape index (κ2) is 11.6. The molecule has 0 fully saturated rings. The monoisotopic (exact) mass is 649 g/mol. The standard InChI is InChI=1S/C49H32O/c1-2-14-32(15-3-1)30-46-39-21-6-8-23-41(39)47(42-24-9-7-22-40(42)46)35-19-10-18-34(31-35)37-25-12-28-44-45-29-13-27-43(49(45)50-48(37)44)38-26-11-17-33-16-4-5-20-36(33)38/h1-29,31H,30H2/i1D,2D,3D,6D,7D,8D,9D,14D,15D,21D,22D,23D,24D. The SMILES string of the molecule is [2H]c1c([2H])c([2H])c(Cc2c3c([2H])c([2H])c([2H])c([2H])c3c(-c3cccc(-c4cccc5c4oc4c(-c6cccc7ccccc67)cccc45)c3)c3c([2H])c([2H])c([2H])c([2H])c23)c([2H])c1[2H]. The average Bonchev–Trinajstić information content (AvgIpc) is 3.70. The predicted octanol–water partition coefficient (Wildman–Crippen LogP) is 13.6. The first kappa shape index (κ1) is 18.4. The maximum absolute atomic E-state index is 9.34. The van der Waals surface area contributed by atoms with Crippen LogP contribution in [-0.4, -0.2) is 0 Å². The molecule has 50 heavy (non-hydrogen) atoms. The fraction of sp³-hybridized carbons (Fsp3) is 0.0204. The van der Waals surface area contributed by atoms with E-state index in [1.165, 1.54) is 0 Å². The predicted molar refractivity (Wildman–Crippen MR) is 212 cm³/mol. The number of fused-ring (bicyclic) bond motifs is 6. The Labute approximate surface area is 308 Å². The molecule has 1 heteroatoms. The molecule has 0 bridgehead atoms. The van der Waals surface area contributed by atoms with Gasteiger partial charge in [0.2, 0.25) is 0 Å². The summed E-state index contributed by atoms with van der Waals surface area (Å²) >= 11 is 0. The van der Waals surface area contributed by atoms with Crippen LogP contribution in [-0.2, 0) is 6.42 Å². The Kier molecular flexibility index (Phi) is 4.26. The van der Waals surface area contributed by atoms with Crippen molar-refractivity contribution >= 4 is 54.3 Å². The smallest absolute Gasteiger partial charge is 0.143 e. The zero-order chi connectivity index (χ0) is 44.3. The van der Waals surface area contributed by atoms with Gasteiger partial charge in [-0.15, -0.1) is 0 Å². The maximum Gasteiger partial charge on any atom is 0.143 e. The average molecular weight is 650 g/mol. The lowest BCUT2D eigenvalue weighted by molar-refractivity contribution is 0.671. The van der Waals surface area contributed by atoms with Gasteiger partial charge in [-0.1, -0.05) is 176 Å². The summed E-state index contributed by atoms with van der Waals surface area (Å²) in [6, 6.07) is 26.1. The molecule has 234 valence electrons. The van der Waals surface area contributed by atoms with Crippen molar-refractivity contribution in [2.24, 2.45) is 0 Å². The number of furan rings is 1.